The van der Waals surface area contributed by atoms with Gasteiger partial charge in [0.15, 0.2) is 0 Å². The van der Waals surface area contributed by atoms with Crippen molar-refractivity contribution in [2.24, 2.45) is 5.73 Å². The maximum atomic E-state index is 12.1. The average molecular weight is 245 g/mol. The Bertz CT molecular complexity index is 587. The van der Waals surface area contributed by atoms with Gasteiger partial charge in [-0.1, -0.05) is 0 Å². The van der Waals surface area contributed by atoms with E-state index in [0.717, 1.165) is 19.3 Å². The molecule has 1 aliphatic rings. The number of fused-ring (bicyclic) bond motifs is 1. The zero-order valence-electron chi connectivity index (χ0n) is 9.97. The minimum atomic E-state index is -0.211. The van der Waals surface area contributed by atoms with E-state index in [1.165, 1.54) is 0 Å². The third-order valence-corrected chi connectivity index (χ3v) is 3.52. The molecule has 0 aromatic carbocycles. The highest BCUT2D eigenvalue weighted by Crippen LogP contribution is 2.28. The summed E-state index contributed by atoms with van der Waals surface area (Å²) >= 11 is 0. The van der Waals surface area contributed by atoms with Gasteiger partial charge >= 0.3 is 0 Å². The van der Waals surface area contributed by atoms with Crippen molar-refractivity contribution in [1.29, 1.82) is 0 Å². The van der Waals surface area contributed by atoms with E-state index in [0.29, 0.717) is 17.6 Å². The van der Waals surface area contributed by atoms with Gasteiger partial charge < -0.3 is 11.1 Å². The Morgan fingerprint density at radius 3 is 3.06 bits per heavy atom. The summed E-state index contributed by atoms with van der Waals surface area (Å²) in [5.41, 5.74) is 7.09. The van der Waals surface area contributed by atoms with Gasteiger partial charge in [0.25, 0.3) is 5.91 Å². The lowest BCUT2D eigenvalue weighted by molar-refractivity contribution is 0.0931. The lowest BCUT2D eigenvalue weighted by atomic mass is 9.78. The van der Waals surface area contributed by atoms with Crippen LogP contribution in [0.1, 0.15) is 29.6 Å². The number of carbonyl (C=O) groups is 1. The van der Waals surface area contributed by atoms with Gasteiger partial charge in [0.1, 0.15) is 0 Å². The van der Waals surface area contributed by atoms with Crippen molar-refractivity contribution in [1.82, 2.24) is 19.9 Å². The number of nitrogens with zero attached hydrogens (tertiary/aromatic N) is 3. The van der Waals surface area contributed by atoms with Gasteiger partial charge in [-0.25, -0.2) is 4.52 Å². The molecule has 2 aromatic rings. The first kappa shape index (κ1) is 11.2. The van der Waals surface area contributed by atoms with Crippen LogP contribution in [0.25, 0.3) is 5.52 Å². The average Bonchev–Trinajstić information content (AvgIpc) is 2.77. The largest absolute Gasteiger partial charge is 0.350 e. The molecule has 0 bridgehead atoms. The van der Waals surface area contributed by atoms with Crippen LogP contribution in [-0.2, 0) is 0 Å². The summed E-state index contributed by atoms with van der Waals surface area (Å²) in [5.74, 6) is -0.144. The Hall–Kier alpha value is -1.95. The summed E-state index contributed by atoms with van der Waals surface area (Å²) in [7, 11) is 0. The van der Waals surface area contributed by atoms with Crippen molar-refractivity contribution >= 4 is 11.4 Å². The highest BCUT2D eigenvalue weighted by atomic mass is 16.1. The molecule has 18 heavy (non-hydrogen) atoms. The fourth-order valence-electron chi connectivity index (χ4n) is 2.17. The second kappa shape index (κ2) is 4.06. The first-order valence-electron chi connectivity index (χ1n) is 6.02. The summed E-state index contributed by atoms with van der Waals surface area (Å²) in [4.78, 5) is 16.1. The second-order valence-corrected chi connectivity index (χ2v) is 4.86. The van der Waals surface area contributed by atoms with Gasteiger partial charge in [0.2, 0.25) is 0 Å². The van der Waals surface area contributed by atoms with Crippen LogP contribution in [0.2, 0.25) is 0 Å². The van der Waals surface area contributed by atoms with E-state index in [1.807, 2.05) is 0 Å². The smallest absolute Gasteiger partial charge is 0.255 e. The minimum Gasteiger partial charge on any atom is -0.350 e. The van der Waals surface area contributed by atoms with E-state index in [2.05, 4.69) is 15.4 Å². The van der Waals surface area contributed by atoms with Crippen molar-refractivity contribution in [3.63, 3.8) is 0 Å². The molecule has 3 rings (SSSR count). The number of amides is 1. The molecular formula is C12H15N5O. The first-order chi connectivity index (χ1) is 8.68. The third kappa shape index (κ3) is 1.84. The lowest BCUT2D eigenvalue weighted by Crippen LogP contribution is -2.54. The summed E-state index contributed by atoms with van der Waals surface area (Å²) in [5, 5.41) is 6.98. The van der Waals surface area contributed by atoms with Crippen LogP contribution < -0.4 is 11.1 Å². The molecule has 2 heterocycles. The van der Waals surface area contributed by atoms with E-state index in [9.17, 15) is 4.79 Å². The van der Waals surface area contributed by atoms with Crippen molar-refractivity contribution in [2.75, 3.05) is 6.54 Å². The van der Waals surface area contributed by atoms with Crippen LogP contribution in [0.5, 0.6) is 0 Å². The zero-order valence-corrected chi connectivity index (χ0v) is 9.97. The van der Waals surface area contributed by atoms with Gasteiger partial charge in [0.05, 0.1) is 23.5 Å². The third-order valence-electron chi connectivity index (χ3n) is 3.52. The van der Waals surface area contributed by atoms with E-state index in [4.69, 9.17) is 5.73 Å². The van der Waals surface area contributed by atoms with E-state index in [-0.39, 0.29) is 11.4 Å². The van der Waals surface area contributed by atoms with Gasteiger partial charge in [-0.05, 0) is 19.3 Å². The summed E-state index contributed by atoms with van der Waals surface area (Å²) in [6.45, 7) is 0.517. The standard InChI is InChI=1S/C12H15N5O/c13-12(2-1-3-12)8-15-11(18)9-6-16-17-5-4-14-7-10(9)17/h4-7H,1-3,8,13H2,(H,15,18). The van der Waals surface area contributed by atoms with Crippen molar-refractivity contribution < 1.29 is 4.79 Å². The monoisotopic (exact) mass is 245 g/mol. The molecule has 0 saturated heterocycles. The quantitative estimate of drug-likeness (QED) is 0.816. The molecule has 0 spiro atoms. The predicted molar refractivity (Wildman–Crippen MR) is 66.1 cm³/mol. The molecule has 0 atom stereocenters. The van der Waals surface area contributed by atoms with Crippen LogP contribution >= 0.6 is 0 Å². The van der Waals surface area contributed by atoms with E-state index < -0.39 is 0 Å². The van der Waals surface area contributed by atoms with Gasteiger partial charge in [0, 0.05) is 24.5 Å². The molecule has 1 saturated carbocycles. The van der Waals surface area contributed by atoms with Crippen LogP contribution in [0.3, 0.4) is 0 Å². The van der Waals surface area contributed by atoms with Crippen molar-refractivity contribution in [3.05, 3.63) is 30.4 Å². The fourth-order valence-corrected chi connectivity index (χ4v) is 2.17. The SMILES string of the molecule is NC1(CNC(=O)c2cnn3ccncc23)CCC1. The van der Waals surface area contributed by atoms with Crippen LogP contribution in [0, 0.1) is 0 Å². The molecule has 0 radical (unpaired) electrons. The van der Waals surface area contributed by atoms with E-state index >= 15 is 0 Å². The van der Waals surface area contributed by atoms with Crippen molar-refractivity contribution in [2.45, 2.75) is 24.8 Å². The molecule has 1 aliphatic carbocycles. The van der Waals surface area contributed by atoms with Crippen molar-refractivity contribution in [3.8, 4) is 0 Å². The Kier molecular flexibility index (Phi) is 2.52. The zero-order chi connectivity index (χ0) is 12.6. The maximum absolute atomic E-state index is 12.1. The number of nitrogens with two attached hydrogens (primary N) is 1. The molecule has 1 fully saturated rings. The molecule has 1 amide bonds. The summed E-state index contributed by atoms with van der Waals surface area (Å²) < 4.78 is 1.63. The van der Waals surface area contributed by atoms with Crippen LogP contribution in [0.4, 0.5) is 0 Å². The van der Waals surface area contributed by atoms with Gasteiger partial charge in [-0.15, -0.1) is 0 Å². The maximum Gasteiger partial charge on any atom is 0.255 e. The van der Waals surface area contributed by atoms with Gasteiger partial charge in [-0.2, -0.15) is 5.10 Å². The highest BCUT2D eigenvalue weighted by Gasteiger charge is 2.32. The first-order valence-corrected chi connectivity index (χ1v) is 6.02. The normalized spacial score (nSPS) is 17.4. The van der Waals surface area contributed by atoms with Crippen LogP contribution in [0.15, 0.2) is 24.8 Å². The number of rotatable bonds is 3. The molecule has 0 unspecified atom stereocenters. The molecule has 0 aliphatic heterocycles. The Labute approximate surface area is 104 Å². The molecule has 2 aromatic heterocycles. The molecular weight excluding hydrogens is 230 g/mol. The lowest BCUT2D eigenvalue weighted by Gasteiger charge is -2.38. The minimum absolute atomic E-state index is 0.144. The fraction of sp³-hybridized carbons (Fsp3) is 0.417. The number of carbonyl (C=O) groups excluding carboxylic acids is 1. The van der Waals surface area contributed by atoms with Gasteiger partial charge in [-0.3, -0.25) is 9.78 Å². The number of aromatic nitrogens is 3. The Morgan fingerprint density at radius 1 is 1.50 bits per heavy atom. The molecule has 94 valence electrons. The predicted octanol–water partition coefficient (Wildman–Crippen LogP) is 0.341. The number of hydrogen-bond donors (Lipinski definition) is 2. The Morgan fingerprint density at radius 2 is 2.33 bits per heavy atom. The summed E-state index contributed by atoms with van der Waals surface area (Å²) in [6.07, 6.45) is 9.62. The molecule has 6 nitrogen and oxygen atoms in total. The molecule has 3 N–H and O–H groups in total. The second-order valence-electron chi connectivity index (χ2n) is 4.86. The van der Waals surface area contributed by atoms with Crippen LogP contribution in [-0.4, -0.2) is 32.6 Å². The van der Waals surface area contributed by atoms with E-state index in [1.54, 1.807) is 29.3 Å². The summed E-state index contributed by atoms with van der Waals surface area (Å²) in [6, 6.07) is 0. The highest BCUT2D eigenvalue weighted by molar-refractivity contribution is 6.00. The Balaban J connectivity index is 1.75. The number of hydrogen-bond acceptors (Lipinski definition) is 4. The topological polar surface area (TPSA) is 85.3 Å². The number of nitrogens with one attached hydrogen (secondary N) is 1. The molecule has 6 heteroatoms.